The summed E-state index contributed by atoms with van der Waals surface area (Å²) in [7, 11) is 0. The Hall–Kier alpha value is -3.02. The van der Waals surface area contributed by atoms with Crippen molar-refractivity contribution in [1.82, 2.24) is 4.90 Å². The molecule has 2 aliphatic carbocycles. The summed E-state index contributed by atoms with van der Waals surface area (Å²) >= 11 is 0. The number of likely N-dealkylation sites (tertiary alicyclic amines) is 1. The third kappa shape index (κ3) is 8.55. The van der Waals surface area contributed by atoms with Gasteiger partial charge in [0.2, 0.25) is 0 Å². The first-order valence-electron chi connectivity index (χ1n) is 16.9. The molecular formula is C37H51NO5. The summed E-state index contributed by atoms with van der Waals surface area (Å²) in [6.07, 6.45) is 13.1. The number of hydrogen-bond acceptors (Lipinski definition) is 5. The second-order valence-electron chi connectivity index (χ2n) is 13.2. The van der Waals surface area contributed by atoms with E-state index < -0.39 is 0 Å². The van der Waals surface area contributed by atoms with Crippen LogP contribution in [0.15, 0.2) is 48.5 Å². The Labute approximate surface area is 258 Å². The summed E-state index contributed by atoms with van der Waals surface area (Å²) in [5.74, 6) is 3.02. The van der Waals surface area contributed by atoms with Crippen molar-refractivity contribution < 1.29 is 23.8 Å². The lowest BCUT2D eigenvalue weighted by Crippen LogP contribution is -2.38. The van der Waals surface area contributed by atoms with Crippen LogP contribution in [0.3, 0.4) is 0 Å². The van der Waals surface area contributed by atoms with Crippen LogP contribution in [0.1, 0.15) is 94.7 Å². The number of piperidine rings is 1. The number of ether oxygens (including phenoxy) is 3. The van der Waals surface area contributed by atoms with Crippen molar-refractivity contribution in [2.45, 2.75) is 104 Å². The molecule has 2 aromatic rings. The number of fused-ring (bicyclic) bond motifs is 2. The number of hydrogen-bond donors (Lipinski definition) is 0. The Morgan fingerprint density at radius 2 is 1.77 bits per heavy atom. The fourth-order valence-corrected chi connectivity index (χ4v) is 7.81. The summed E-state index contributed by atoms with van der Waals surface area (Å²) in [6, 6.07) is 16.0. The summed E-state index contributed by atoms with van der Waals surface area (Å²) in [5, 5.41) is 0. The molecule has 6 nitrogen and oxygen atoms in total. The molecule has 3 aliphatic rings. The molecule has 0 N–H and O–H groups in total. The number of unbranched alkanes of at least 4 members (excludes halogenated alkanes) is 2. The van der Waals surface area contributed by atoms with E-state index in [0.717, 1.165) is 75.8 Å². The predicted octanol–water partition coefficient (Wildman–Crippen LogP) is 8.15. The largest absolute Gasteiger partial charge is 0.482 e. The normalized spacial score (nSPS) is 23.6. The smallest absolute Gasteiger partial charge is 0.410 e. The predicted molar refractivity (Wildman–Crippen MR) is 169 cm³/mol. The number of rotatable bonds is 13. The van der Waals surface area contributed by atoms with Gasteiger partial charge in [-0.2, -0.15) is 0 Å². The third-order valence-corrected chi connectivity index (χ3v) is 10.1. The van der Waals surface area contributed by atoms with Crippen molar-refractivity contribution in [2.75, 3.05) is 19.7 Å². The molecule has 5 atom stereocenters. The Balaban J connectivity index is 1.16. The van der Waals surface area contributed by atoms with Gasteiger partial charge < -0.3 is 19.1 Å². The van der Waals surface area contributed by atoms with Crippen molar-refractivity contribution >= 4 is 12.1 Å². The van der Waals surface area contributed by atoms with Crippen molar-refractivity contribution in [1.29, 1.82) is 0 Å². The minimum atomic E-state index is -0.348. The molecule has 0 spiro atoms. The van der Waals surface area contributed by atoms with E-state index in [0.29, 0.717) is 23.7 Å². The second kappa shape index (κ2) is 15.6. The number of amides is 1. The molecule has 0 radical (unpaired) electrons. The molecule has 234 valence electrons. The number of carbonyl (C=O) groups is 2. The number of carbonyl (C=O) groups excluding carboxylic acids is 2. The van der Waals surface area contributed by atoms with E-state index in [1.54, 1.807) is 0 Å². The fraction of sp³-hybridized carbons (Fsp3) is 0.622. The van der Waals surface area contributed by atoms with E-state index in [1.165, 1.54) is 36.8 Å². The van der Waals surface area contributed by atoms with Gasteiger partial charge >= 0.3 is 12.1 Å². The van der Waals surface area contributed by atoms with E-state index in [4.69, 9.17) is 14.2 Å². The second-order valence-corrected chi connectivity index (χ2v) is 13.2. The zero-order valence-corrected chi connectivity index (χ0v) is 26.3. The van der Waals surface area contributed by atoms with Gasteiger partial charge in [-0.05, 0) is 111 Å². The first kappa shape index (κ1) is 31.4. The van der Waals surface area contributed by atoms with Crippen molar-refractivity contribution in [3.05, 3.63) is 65.2 Å². The maximum Gasteiger partial charge on any atom is 0.410 e. The molecule has 6 heteroatoms. The van der Waals surface area contributed by atoms with E-state index >= 15 is 0 Å². The standard InChI is InChI=1S/C37H51NO5/c1-3-4-7-16-31(43-37(40)38-20-10-6-11-21-38)18-19-32-27(2)22-30-24-34-29(23-33(30)32)15-12-17-35(34)41-26-36(39)42-25-28-13-8-5-9-14-28/h5,8-9,12-15,17,27,30-33H,3-4,6-7,10-11,16,18-26H2,1-2H3/t27-,30-,31+,32+,33+/m1/s1. The lowest BCUT2D eigenvalue weighted by atomic mass is 9.73. The first-order valence-corrected chi connectivity index (χ1v) is 16.9. The molecule has 1 amide bonds. The number of esters is 1. The van der Waals surface area contributed by atoms with Gasteiger partial charge in [0.1, 0.15) is 18.5 Å². The van der Waals surface area contributed by atoms with Crippen LogP contribution in [0.25, 0.3) is 0 Å². The van der Waals surface area contributed by atoms with Crippen LogP contribution < -0.4 is 4.74 Å². The molecule has 2 fully saturated rings. The van der Waals surface area contributed by atoms with Crippen LogP contribution in [0.2, 0.25) is 0 Å². The Kier molecular flexibility index (Phi) is 11.4. The van der Waals surface area contributed by atoms with Crippen LogP contribution >= 0.6 is 0 Å². The molecule has 43 heavy (non-hydrogen) atoms. The van der Waals surface area contributed by atoms with Crippen LogP contribution in [0.4, 0.5) is 4.79 Å². The summed E-state index contributed by atoms with van der Waals surface area (Å²) in [4.78, 5) is 27.3. The van der Waals surface area contributed by atoms with Crippen molar-refractivity contribution in [3.63, 3.8) is 0 Å². The first-order chi connectivity index (χ1) is 21.0. The maximum atomic E-state index is 13.0. The minimum Gasteiger partial charge on any atom is -0.482 e. The van der Waals surface area contributed by atoms with E-state index in [-0.39, 0.29) is 31.4 Å². The highest BCUT2D eigenvalue weighted by Gasteiger charge is 2.44. The molecule has 1 aliphatic heterocycles. The maximum absolute atomic E-state index is 13.0. The summed E-state index contributed by atoms with van der Waals surface area (Å²) < 4.78 is 17.6. The zero-order chi connectivity index (χ0) is 30.0. The van der Waals surface area contributed by atoms with Gasteiger partial charge in [0.25, 0.3) is 0 Å². The Morgan fingerprint density at radius 1 is 0.953 bits per heavy atom. The Morgan fingerprint density at radius 3 is 2.56 bits per heavy atom. The average molecular weight is 590 g/mol. The lowest BCUT2D eigenvalue weighted by molar-refractivity contribution is -0.147. The van der Waals surface area contributed by atoms with Crippen molar-refractivity contribution in [3.8, 4) is 5.75 Å². The molecule has 2 aromatic carbocycles. The summed E-state index contributed by atoms with van der Waals surface area (Å²) in [5.41, 5.74) is 3.59. The number of nitrogens with zero attached hydrogens (tertiary/aromatic N) is 1. The molecular weight excluding hydrogens is 538 g/mol. The van der Waals surface area contributed by atoms with Gasteiger partial charge in [-0.1, -0.05) is 69.2 Å². The Bertz CT molecular complexity index is 1180. The van der Waals surface area contributed by atoms with Crippen molar-refractivity contribution in [2.24, 2.45) is 23.7 Å². The SMILES string of the molecule is CCCCC[C@@H](CC[C@@H]1[C@H]2Cc3cccc(OCC(=O)OCc4ccccc4)c3C[C@H]2C[C@H]1C)OC(=O)N1CCCCC1. The van der Waals surface area contributed by atoms with Crippen LogP contribution in [-0.4, -0.2) is 42.8 Å². The molecule has 0 unspecified atom stereocenters. The van der Waals surface area contributed by atoms with E-state index in [9.17, 15) is 9.59 Å². The fourth-order valence-electron chi connectivity index (χ4n) is 7.81. The average Bonchev–Trinajstić information content (AvgIpc) is 3.34. The highest BCUT2D eigenvalue weighted by molar-refractivity contribution is 5.71. The molecule has 1 heterocycles. The topological polar surface area (TPSA) is 65.1 Å². The van der Waals surface area contributed by atoms with Gasteiger partial charge in [-0.3, -0.25) is 0 Å². The molecule has 1 saturated heterocycles. The third-order valence-electron chi connectivity index (χ3n) is 10.1. The summed E-state index contributed by atoms with van der Waals surface area (Å²) in [6.45, 7) is 6.50. The monoisotopic (exact) mass is 589 g/mol. The molecule has 0 bridgehead atoms. The van der Waals surface area contributed by atoms with Crippen LogP contribution in [0, 0.1) is 23.7 Å². The number of benzene rings is 2. The highest BCUT2D eigenvalue weighted by Crippen LogP contribution is 2.51. The van der Waals surface area contributed by atoms with Gasteiger partial charge in [-0.15, -0.1) is 0 Å². The molecule has 5 rings (SSSR count). The quantitative estimate of drug-likeness (QED) is 0.174. The van der Waals surface area contributed by atoms with E-state index in [2.05, 4.69) is 26.0 Å². The van der Waals surface area contributed by atoms with Crippen LogP contribution in [-0.2, 0) is 33.7 Å². The van der Waals surface area contributed by atoms with Crippen LogP contribution in [0.5, 0.6) is 5.75 Å². The zero-order valence-electron chi connectivity index (χ0n) is 26.3. The van der Waals surface area contributed by atoms with Gasteiger partial charge in [0.15, 0.2) is 6.61 Å². The van der Waals surface area contributed by atoms with Gasteiger partial charge in [-0.25, -0.2) is 9.59 Å². The lowest BCUT2D eigenvalue weighted by Gasteiger charge is -2.33. The molecule has 1 saturated carbocycles. The highest BCUT2D eigenvalue weighted by atomic mass is 16.6. The van der Waals surface area contributed by atoms with E-state index in [1.807, 2.05) is 41.3 Å². The molecule has 0 aromatic heterocycles. The van der Waals surface area contributed by atoms with Gasteiger partial charge in [0, 0.05) is 13.1 Å². The van der Waals surface area contributed by atoms with Gasteiger partial charge in [0.05, 0.1) is 0 Å². The minimum absolute atomic E-state index is 0.0183.